The normalized spacial score (nSPS) is 12.2. The maximum Gasteiger partial charge on any atom is 0.416 e. The largest absolute Gasteiger partial charge is 0.416 e. The maximum absolute atomic E-state index is 13.1. The van der Waals surface area contributed by atoms with Gasteiger partial charge in [0.05, 0.1) is 28.0 Å². The average Bonchev–Trinajstić information content (AvgIpc) is 3.00. The Morgan fingerprint density at radius 1 is 1.00 bits per heavy atom. The molecular formula is C18H16F3N3O2S. The topological polar surface area (TPSA) is 64.0 Å². The van der Waals surface area contributed by atoms with Crippen LogP contribution in [0.2, 0.25) is 0 Å². The lowest BCUT2D eigenvalue weighted by Crippen LogP contribution is -2.16. The lowest BCUT2D eigenvalue weighted by molar-refractivity contribution is -0.137. The summed E-state index contributed by atoms with van der Waals surface area (Å²) in [5, 5.41) is 4.05. The number of nitrogens with zero attached hydrogens (tertiary/aromatic N) is 2. The van der Waals surface area contributed by atoms with E-state index in [1.165, 1.54) is 29.1 Å². The molecule has 3 aromatic rings. The summed E-state index contributed by atoms with van der Waals surface area (Å²) in [5.74, 6) is 0. The van der Waals surface area contributed by atoms with E-state index < -0.39 is 21.8 Å². The number of aromatic nitrogens is 2. The predicted molar refractivity (Wildman–Crippen MR) is 95.3 cm³/mol. The van der Waals surface area contributed by atoms with Gasteiger partial charge in [0, 0.05) is 6.20 Å². The molecule has 3 rings (SSSR count). The number of halogens is 3. The van der Waals surface area contributed by atoms with Gasteiger partial charge < -0.3 is 0 Å². The molecule has 1 N–H and O–H groups in total. The second-order valence-corrected chi connectivity index (χ2v) is 7.79. The summed E-state index contributed by atoms with van der Waals surface area (Å²) in [6, 6.07) is 8.83. The summed E-state index contributed by atoms with van der Waals surface area (Å²) in [6.07, 6.45) is -1.50. The Morgan fingerprint density at radius 3 is 2.22 bits per heavy atom. The molecule has 0 spiro atoms. The Balaban J connectivity index is 2.10. The molecule has 0 fully saturated rings. The van der Waals surface area contributed by atoms with Gasteiger partial charge in [-0.1, -0.05) is 17.7 Å². The van der Waals surface area contributed by atoms with Crippen molar-refractivity contribution >= 4 is 15.7 Å². The minimum absolute atomic E-state index is 0.0480. The summed E-state index contributed by atoms with van der Waals surface area (Å²) in [7, 11) is -4.07. The maximum atomic E-state index is 13.1. The summed E-state index contributed by atoms with van der Waals surface area (Å²) in [4.78, 5) is -0.0480. The third-order valence-electron chi connectivity index (χ3n) is 3.86. The highest BCUT2D eigenvalue weighted by atomic mass is 32.2. The van der Waals surface area contributed by atoms with Crippen LogP contribution in [0.25, 0.3) is 5.69 Å². The van der Waals surface area contributed by atoms with Crippen LogP contribution in [-0.2, 0) is 16.2 Å². The first kappa shape index (κ1) is 19.0. The van der Waals surface area contributed by atoms with Crippen molar-refractivity contribution in [1.29, 1.82) is 0 Å². The highest BCUT2D eigenvalue weighted by molar-refractivity contribution is 7.92. The SMILES string of the molecule is Cc1ccc(S(=O)(=O)Nc2cc(C(F)(F)F)ccc2-n2cc(C)cn2)cc1. The van der Waals surface area contributed by atoms with Crippen LogP contribution < -0.4 is 4.72 Å². The summed E-state index contributed by atoms with van der Waals surface area (Å²) >= 11 is 0. The van der Waals surface area contributed by atoms with Gasteiger partial charge in [-0.2, -0.15) is 18.3 Å². The molecule has 1 heterocycles. The van der Waals surface area contributed by atoms with E-state index in [0.29, 0.717) is 0 Å². The minimum atomic E-state index is -4.61. The highest BCUT2D eigenvalue weighted by Gasteiger charge is 2.32. The number of rotatable bonds is 4. The number of nitrogens with one attached hydrogen (secondary N) is 1. The van der Waals surface area contributed by atoms with E-state index >= 15 is 0 Å². The fraction of sp³-hybridized carbons (Fsp3) is 0.167. The fourth-order valence-electron chi connectivity index (χ4n) is 2.46. The van der Waals surface area contributed by atoms with Crippen molar-refractivity contribution < 1.29 is 21.6 Å². The van der Waals surface area contributed by atoms with Gasteiger partial charge in [-0.05, 0) is 49.7 Å². The van der Waals surface area contributed by atoms with Crippen molar-refractivity contribution in [2.75, 3.05) is 4.72 Å². The molecule has 0 radical (unpaired) electrons. The van der Waals surface area contributed by atoms with E-state index in [4.69, 9.17) is 0 Å². The second kappa shape index (κ2) is 6.73. The zero-order valence-corrected chi connectivity index (χ0v) is 15.3. The van der Waals surface area contributed by atoms with Crippen LogP contribution in [0.4, 0.5) is 18.9 Å². The first-order valence-electron chi connectivity index (χ1n) is 7.89. The fourth-order valence-corrected chi connectivity index (χ4v) is 3.52. The number of benzene rings is 2. The van der Waals surface area contributed by atoms with E-state index in [1.807, 2.05) is 0 Å². The molecule has 9 heteroatoms. The molecule has 0 aliphatic heterocycles. The molecule has 0 aliphatic rings. The van der Waals surface area contributed by atoms with Crippen molar-refractivity contribution in [1.82, 2.24) is 9.78 Å². The van der Waals surface area contributed by atoms with Gasteiger partial charge >= 0.3 is 6.18 Å². The minimum Gasteiger partial charge on any atom is -0.277 e. The van der Waals surface area contributed by atoms with Gasteiger partial charge in [-0.15, -0.1) is 0 Å². The molecule has 0 saturated carbocycles. The van der Waals surface area contributed by atoms with E-state index in [9.17, 15) is 21.6 Å². The monoisotopic (exact) mass is 395 g/mol. The number of aryl methyl sites for hydroxylation is 2. The van der Waals surface area contributed by atoms with Crippen molar-refractivity contribution in [3.63, 3.8) is 0 Å². The first-order valence-corrected chi connectivity index (χ1v) is 9.37. The van der Waals surface area contributed by atoms with Crippen LogP contribution in [0.5, 0.6) is 0 Å². The van der Waals surface area contributed by atoms with E-state index in [2.05, 4.69) is 9.82 Å². The molecule has 0 atom stereocenters. The molecular weight excluding hydrogens is 379 g/mol. The molecule has 2 aromatic carbocycles. The Hall–Kier alpha value is -2.81. The zero-order chi connectivity index (χ0) is 19.8. The van der Waals surface area contributed by atoms with Crippen molar-refractivity contribution in [3.8, 4) is 5.69 Å². The number of hydrogen-bond acceptors (Lipinski definition) is 3. The lowest BCUT2D eigenvalue weighted by Gasteiger charge is -2.15. The molecule has 0 unspecified atom stereocenters. The lowest BCUT2D eigenvalue weighted by atomic mass is 10.1. The van der Waals surface area contributed by atoms with E-state index in [0.717, 1.165) is 23.3 Å². The Bertz CT molecular complexity index is 1070. The van der Waals surface area contributed by atoms with Crippen molar-refractivity contribution in [2.24, 2.45) is 0 Å². The second-order valence-electron chi connectivity index (χ2n) is 6.11. The van der Waals surface area contributed by atoms with Crippen molar-refractivity contribution in [3.05, 3.63) is 71.5 Å². The molecule has 0 amide bonds. The van der Waals surface area contributed by atoms with Gasteiger partial charge in [0.2, 0.25) is 0 Å². The molecule has 1 aromatic heterocycles. The standard InChI is InChI=1S/C18H16F3N3O2S/c1-12-3-6-15(7-4-12)27(25,26)23-16-9-14(18(19,20)21)5-8-17(16)24-11-13(2)10-22-24/h3-11,23H,1-2H3. The molecule has 0 bridgehead atoms. The van der Waals surface area contributed by atoms with Gasteiger partial charge in [0.25, 0.3) is 10.0 Å². The number of anilines is 1. The van der Waals surface area contributed by atoms with Crippen molar-refractivity contribution in [2.45, 2.75) is 24.9 Å². The van der Waals surface area contributed by atoms with E-state index in [-0.39, 0.29) is 16.3 Å². The zero-order valence-electron chi connectivity index (χ0n) is 14.4. The van der Waals surface area contributed by atoms with Gasteiger partial charge in [0.1, 0.15) is 0 Å². The Labute approximate surface area is 154 Å². The number of alkyl halides is 3. The van der Waals surface area contributed by atoms with Crippen LogP contribution >= 0.6 is 0 Å². The molecule has 5 nitrogen and oxygen atoms in total. The van der Waals surface area contributed by atoms with Gasteiger partial charge in [-0.3, -0.25) is 4.72 Å². The third-order valence-corrected chi connectivity index (χ3v) is 5.24. The van der Waals surface area contributed by atoms with Gasteiger partial charge in [0.15, 0.2) is 0 Å². The number of hydrogen-bond donors (Lipinski definition) is 1. The van der Waals surface area contributed by atoms with Crippen LogP contribution in [0.1, 0.15) is 16.7 Å². The highest BCUT2D eigenvalue weighted by Crippen LogP contribution is 2.34. The molecule has 0 aliphatic carbocycles. The summed E-state index contributed by atoms with van der Waals surface area (Å²) < 4.78 is 68.2. The molecule has 142 valence electrons. The Kier molecular flexibility index (Phi) is 4.73. The Morgan fingerprint density at radius 2 is 1.67 bits per heavy atom. The van der Waals surface area contributed by atoms with Crippen LogP contribution in [0.3, 0.4) is 0 Å². The van der Waals surface area contributed by atoms with E-state index in [1.54, 1.807) is 32.2 Å². The summed E-state index contributed by atoms with van der Waals surface area (Å²) in [5.41, 5.74) is 0.653. The quantitative estimate of drug-likeness (QED) is 0.716. The van der Waals surface area contributed by atoms with Crippen LogP contribution in [0.15, 0.2) is 59.8 Å². The van der Waals surface area contributed by atoms with Gasteiger partial charge in [-0.25, -0.2) is 13.1 Å². The average molecular weight is 395 g/mol. The van der Waals surface area contributed by atoms with Crippen LogP contribution in [0, 0.1) is 13.8 Å². The predicted octanol–water partition coefficient (Wildman–Crippen LogP) is 4.31. The number of sulfonamides is 1. The third kappa shape index (κ3) is 4.13. The van der Waals surface area contributed by atoms with Crippen LogP contribution in [-0.4, -0.2) is 18.2 Å². The molecule has 0 saturated heterocycles. The molecule has 27 heavy (non-hydrogen) atoms. The first-order chi connectivity index (χ1) is 12.6. The summed E-state index contributed by atoms with van der Waals surface area (Å²) in [6.45, 7) is 3.57. The smallest absolute Gasteiger partial charge is 0.277 e.